The smallest absolute Gasteiger partial charge is 0.309 e. The lowest BCUT2D eigenvalue weighted by atomic mass is 9.87. The van der Waals surface area contributed by atoms with Crippen LogP contribution in [0.3, 0.4) is 0 Å². The third-order valence-corrected chi connectivity index (χ3v) is 6.30. The van der Waals surface area contributed by atoms with Gasteiger partial charge in [-0.05, 0) is 76.3 Å². The maximum atomic E-state index is 11.2. The molecule has 0 radical (unpaired) electrons. The van der Waals surface area contributed by atoms with Crippen molar-refractivity contribution in [2.45, 2.75) is 90.9 Å². The Morgan fingerprint density at radius 3 is 1.79 bits per heavy atom. The van der Waals surface area contributed by atoms with Gasteiger partial charge >= 0.3 is 11.9 Å². The lowest BCUT2D eigenvalue weighted by Crippen LogP contribution is -2.23. The summed E-state index contributed by atoms with van der Waals surface area (Å²) in [6, 6.07) is 8.84. The highest BCUT2D eigenvalue weighted by molar-refractivity contribution is 5.77. The molecule has 2 N–H and O–H groups in total. The fourth-order valence-electron chi connectivity index (χ4n) is 3.74. The highest BCUT2D eigenvalue weighted by atomic mass is 16.4. The molecule has 0 unspecified atom stereocenters. The molecule has 28 heavy (non-hydrogen) atoms. The molecule has 0 saturated heterocycles. The number of aliphatic carboxylic acids is 2. The van der Waals surface area contributed by atoms with Crippen molar-refractivity contribution in [1.82, 2.24) is 0 Å². The first-order valence-electron chi connectivity index (χ1n) is 10.8. The molecule has 0 aromatic heterocycles. The summed E-state index contributed by atoms with van der Waals surface area (Å²) in [4.78, 5) is 22.3. The predicted molar refractivity (Wildman–Crippen MR) is 112 cm³/mol. The molecule has 4 heteroatoms. The number of aryl methyl sites for hydroxylation is 2. The summed E-state index contributed by atoms with van der Waals surface area (Å²) < 4.78 is 0. The van der Waals surface area contributed by atoms with Crippen LogP contribution in [0.4, 0.5) is 0 Å². The highest BCUT2D eigenvalue weighted by Crippen LogP contribution is 2.50. The lowest BCUT2D eigenvalue weighted by molar-refractivity contribution is -0.147. The summed E-state index contributed by atoms with van der Waals surface area (Å²) in [6.45, 7) is 3.59. The number of hydrogen-bond acceptors (Lipinski definition) is 2. The molecule has 0 atom stereocenters. The summed E-state index contributed by atoms with van der Waals surface area (Å²) in [6.07, 6.45) is 11.8. The zero-order valence-electron chi connectivity index (χ0n) is 17.5. The van der Waals surface area contributed by atoms with Crippen LogP contribution in [0.2, 0.25) is 0 Å². The van der Waals surface area contributed by atoms with E-state index in [4.69, 9.17) is 5.11 Å². The minimum atomic E-state index is -0.711. The first kappa shape index (κ1) is 22.4. The molecule has 4 nitrogen and oxygen atoms in total. The van der Waals surface area contributed by atoms with Crippen LogP contribution < -0.4 is 0 Å². The van der Waals surface area contributed by atoms with E-state index < -0.39 is 17.4 Å². The average Bonchev–Trinajstić information content (AvgIpc) is 3.43. The second kappa shape index (κ2) is 10.1. The van der Waals surface area contributed by atoms with Crippen molar-refractivity contribution in [3.05, 3.63) is 35.4 Å². The fourth-order valence-corrected chi connectivity index (χ4v) is 3.74. The van der Waals surface area contributed by atoms with E-state index in [0.29, 0.717) is 0 Å². The number of carboxylic acid groups (broad SMARTS) is 2. The van der Waals surface area contributed by atoms with Gasteiger partial charge in [0, 0.05) is 0 Å². The molecular weight excluding hydrogens is 352 g/mol. The molecule has 0 aliphatic heterocycles. The number of benzene rings is 1. The van der Waals surface area contributed by atoms with E-state index in [1.165, 1.54) is 11.1 Å². The summed E-state index contributed by atoms with van der Waals surface area (Å²) in [5.41, 5.74) is 1.71. The Balaban J connectivity index is 1.56. The van der Waals surface area contributed by atoms with Gasteiger partial charge in [-0.15, -0.1) is 0 Å². The van der Waals surface area contributed by atoms with Gasteiger partial charge in [0.2, 0.25) is 0 Å². The van der Waals surface area contributed by atoms with E-state index >= 15 is 0 Å². The van der Waals surface area contributed by atoms with Crippen LogP contribution in [0.5, 0.6) is 0 Å². The molecular formula is C24H36O4. The summed E-state index contributed by atoms with van der Waals surface area (Å²) >= 11 is 0. The monoisotopic (exact) mass is 388 g/mol. The Morgan fingerprint density at radius 2 is 1.36 bits per heavy atom. The average molecular weight is 389 g/mol. The predicted octanol–water partition coefficient (Wildman–Crippen LogP) is 5.87. The van der Waals surface area contributed by atoms with Crippen LogP contribution in [-0.2, 0) is 22.4 Å². The van der Waals surface area contributed by atoms with Gasteiger partial charge in [-0.2, -0.15) is 0 Å². The molecule has 2 rings (SSSR count). The molecule has 1 aliphatic carbocycles. The topological polar surface area (TPSA) is 74.6 Å². The summed E-state index contributed by atoms with van der Waals surface area (Å²) in [5.74, 6) is -1.31. The van der Waals surface area contributed by atoms with Gasteiger partial charge in [0.05, 0.1) is 10.8 Å². The molecule has 156 valence electrons. The second-order valence-electron chi connectivity index (χ2n) is 9.21. The maximum Gasteiger partial charge on any atom is 0.309 e. The summed E-state index contributed by atoms with van der Waals surface area (Å²) in [7, 11) is 0. The highest BCUT2D eigenvalue weighted by Gasteiger charge is 2.49. The van der Waals surface area contributed by atoms with Crippen molar-refractivity contribution in [3.63, 3.8) is 0 Å². The number of rotatable bonds is 14. The second-order valence-corrected chi connectivity index (χ2v) is 9.21. The van der Waals surface area contributed by atoms with Gasteiger partial charge in [0.1, 0.15) is 0 Å². The van der Waals surface area contributed by atoms with Crippen LogP contribution in [0.1, 0.15) is 89.2 Å². The molecule has 0 spiro atoms. The molecule has 0 bridgehead atoms. The van der Waals surface area contributed by atoms with E-state index in [1.54, 1.807) is 13.8 Å². The van der Waals surface area contributed by atoms with Gasteiger partial charge in [-0.1, -0.05) is 49.9 Å². The Morgan fingerprint density at radius 1 is 0.857 bits per heavy atom. The van der Waals surface area contributed by atoms with E-state index in [0.717, 1.165) is 77.0 Å². The van der Waals surface area contributed by atoms with Crippen molar-refractivity contribution < 1.29 is 19.8 Å². The quantitative estimate of drug-likeness (QED) is 0.391. The normalized spacial score (nSPS) is 15.4. The van der Waals surface area contributed by atoms with Crippen LogP contribution in [0, 0.1) is 10.8 Å². The SMILES string of the molecule is CC(C)(CCCCCc1ccc(CCCCCC2(C(=O)O)CC2)cc1)C(=O)O. The Hall–Kier alpha value is -1.84. The van der Waals surface area contributed by atoms with Crippen LogP contribution >= 0.6 is 0 Å². The Kier molecular flexibility index (Phi) is 8.09. The van der Waals surface area contributed by atoms with Crippen molar-refractivity contribution in [1.29, 1.82) is 0 Å². The van der Waals surface area contributed by atoms with Crippen LogP contribution in [-0.4, -0.2) is 22.2 Å². The van der Waals surface area contributed by atoms with E-state index in [9.17, 15) is 14.7 Å². The number of carbonyl (C=O) groups is 2. The zero-order valence-corrected chi connectivity index (χ0v) is 17.5. The van der Waals surface area contributed by atoms with Gasteiger partial charge in [0.25, 0.3) is 0 Å². The molecule has 1 aromatic carbocycles. The van der Waals surface area contributed by atoms with Gasteiger partial charge in [-0.25, -0.2) is 0 Å². The number of unbranched alkanes of at least 4 members (excludes halogenated alkanes) is 4. The molecule has 1 aliphatic rings. The number of hydrogen-bond donors (Lipinski definition) is 2. The van der Waals surface area contributed by atoms with Crippen molar-refractivity contribution in [2.24, 2.45) is 10.8 Å². The molecule has 1 fully saturated rings. The standard InChI is InChI=1S/C24H36O4/c1-23(2,21(25)26)15-7-3-5-9-19-11-13-20(14-12-19)10-6-4-8-16-24(17-18-24)22(27)28/h11-14H,3-10,15-18H2,1-2H3,(H,25,26)(H,27,28). The lowest BCUT2D eigenvalue weighted by Gasteiger charge is -2.18. The van der Waals surface area contributed by atoms with Crippen molar-refractivity contribution in [2.75, 3.05) is 0 Å². The molecule has 1 aromatic rings. The number of carboxylic acids is 2. The Labute approximate surface area is 169 Å². The fraction of sp³-hybridized carbons (Fsp3) is 0.667. The molecule has 1 saturated carbocycles. The van der Waals surface area contributed by atoms with Gasteiger partial charge in [0.15, 0.2) is 0 Å². The minimum absolute atomic E-state index is 0.370. The first-order valence-corrected chi connectivity index (χ1v) is 10.8. The molecule has 0 heterocycles. The minimum Gasteiger partial charge on any atom is -0.481 e. The van der Waals surface area contributed by atoms with Crippen molar-refractivity contribution >= 4 is 11.9 Å². The largest absolute Gasteiger partial charge is 0.481 e. The van der Waals surface area contributed by atoms with E-state index in [-0.39, 0.29) is 5.41 Å². The van der Waals surface area contributed by atoms with Crippen molar-refractivity contribution in [3.8, 4) is 0 Å². The Bertz CT molecular complexity index is 596. The van der Waals surface area contributed by atoms with Gasteiger partial charge < -0.3 is 10.2 Å². The van der Waals surface area contributed by atoms with Crippen LogP contribution in [0.15, 0.2) is 24.3 Å². The van der Waals surface area contributed by atoms with Crippen LogP contribution in [0.25, 0.3) is 0 Å². The van der Waals surface area contributed by atoms with E-state index in [1.807, 2.05) is 0 Å². The third-order valence-electron chi connectivity index (χ3n) is 6.30. The summed E-state index contributed by atoms with van der Waals surface area (Å²) in [5, 5.41) is 18.3. The first-order chi connectivity index (χ1) is 13.3. The van der Waals surface area contributed by atoms with E-state index in [2.05, 4.69) is 24.3 Å². The van der Waals surface area contributed by atoms with Gasteiger partial charge in [-0.3, -0.25) is 9.59 Å². The third kappa shape index (κ3) is 6.96. The zero-order chi connectivity index (χ0) is 20.6. The molecule has 0 amide bonds. The maximum absolute atomic E-state index is 11.2.